The van der Waals surface area contributed by atoms with Crippen LogP contribution in [0.4, 0.5) is 8.78 Å². The van der Waals surface area contributed by atoms with Crippen LogP contribution < -0.4 is 10.1 Å². The summed E-state index contributed by atoms with van der Waals surface area (Å²) < 4.78 is 28.8. The SMILES string of the molecule is O=C(CN1C(=O)C2CCCCC2C1=O)NCc1cccc(OC(F)F)c1. The van der Waals surface area contributed by atoms with E-state index in [1.54, 1.807) is 6.07 Å². The van der Waals surface area contributed by atoms with E-state index < -0.39 is 12.5 Å². The molecule has 2 fully saturated rings. The molecule has 2 atom stereocenters. The minimum Gasteiger partial charge on any atom is -0.435 e. The molecule has 2 aliphatic rings. The van der Waals surface area contributed by atoms with Gasteiger partial charge in [0, 0.05) is 6.54 Å². The van der Waals surface area contributed by atoms with Crippen molar-refractivity contribution in [2.75, 3.05) is 6.54 Å². The zero-order valence-electron chi connectivity index (χ0n) is 14.1. The lowest BCUT2D eigenvalue weighted by atomic mass is 9.81. The molecule has 0 aromatic heterocycles. The van der Waals surface area contributed by atoms with E-state index in [2.05, 4.69) is 10.1 Å². The third-order valence-electron chi connectivity index (χ3n) is 4.85. The molecule has 1 aromatic carbocycles. The number of carbonyl (C=O) groups excluding carboxylic acids is 3. The number of ether oxygens (including phenoxy) is 1. The van der Waals surface area contributed by atoms with Crippen molar-refractivity contribution in [3.8, 4) is 5.75 Å². The number of amides is 3. The predicted molar refractivity (Wildman–Crippen MR) is 87.1 cm³/mol. The highest BCUT2D eigenvalue weighted by atomic mass is 19.3. The molecule has 0 spiro atoms. The standard InChI is InChI=1S/C18H20F2N2O4/c19-18(20)26-12-5-3-4-11(8-12)9-21-15(23)10-22-16(24)13-6-1-2-7-14(13)17(22)25/h3-5,8,13-14,18H,1-2,6-7,9-10H2,(H,21,23). The lowest BCUT2D eigenvalue weighted by Crippen LogP contribution is -2.40. The van der Waals surface area contributed by atoms with Gasteiger partial charge in [-0.15, -0.1) is 0 Å². The predicted octanol–water partition coefficient (Wildman–Crippen LogP) is 2.08. The van der Waals surface area contributed by atoms with Crippen LogP contribution in [0.1, 0.15) is 31.2 Å². The van der Waals surface area contributed by atoms with Crippen molar-refractivity contribution >= 4 is 17.7 Å². The normalized spacial score (nSPS) is 22.5. The fourth-order valence-corrected chi connectivity index (χ4v) is 3.62. The van der Waals surface area contributed by atoms with E-state index in [-0.39, 0.29) is 42.5 Å². The number of carbonyl (C=O) groups is 3. The number of halogens is 2. The molecule has 3 amide bonds. The number of imide groups is 1. The summed E-state index contributed by atoms with van der Waals surface area (Å²) in [5, 5.41) is 2.60. The highest BCUT2D eigenvalue weighted by molar-refractivity contribution is 6.07. The molecule has 0 radical (unpaired) electrons. The molecule has 1 aliphatic carbocycles. The minimum absolute atomic E-state index is 0.000669. The first-order valence-electron chi connectivity index (χ1n) is 8.61. The first kappa shape index (κ1) is 18.3. The lowest BCUT2D eigenvalue weighted by Gasteiger charge is -2.19. The number of alkyl halides is 2. The molecule has 6 nitrogen and oxygen atoms in total. The Morgan fingerprint density at radius 2 is 1.85 bits per heavy atom. The second-order valence-electron chi connectivity index (χ2n) is 6.56. The van der Waals surface area contributed by atoms with Gasteiger partial charge >= 0.3 is 6.61 Å². The maximum atomic E-state index is 12.3. The molecule has 8 heteroatoms. The average molecular weight is 366 g/mol. The van der Waals surface area contributed by atoms with Gasteiger partial charge in [-0.05, 0) is 30.5 Å². The summed E-state index contributed by atoms with van der Waals surface area (Å²) in [5.41, 5.74) is 0.573. The summed E-state index contributed by atoms with van der Waals surface area (Å²) in [6.45, 7) is -3.14. The summed E-state index contributed by atoms with van der Waals surface area (Å²) in [7, 11) is 0. The summed E-state index contributed by atoms with van der Waals surface area (Å²) in [4.78, 5) is 37.9. The molecule has 26 heavy (non-hydrogen) atoms. The van der Waals surface area contributed by atoms with Crippen molar-refractivity contribution in [1.29, 1.82) is 0 Å². The van der Waals surface area contributed by atoms with Gasteiger partial charge in [-0.3, -0.25) is 19.3 Å². The van der Waals surface area contributed by atoms with E-state index >= 15 is 0 Å². The molecule has 1 saturated carbocycles. The van der Waals surface area contributed by atoms with E-state index in [1.807, 2.05) is 0 Å². The largest absolute Gasteiger partial charge is 0.435 e. The Morgan fingerprint density at radius 1 is 1.19 bits per heavy atom. The minimum atomic E-state index is -2.92. The average Bonchev–Trinajstić information content (AvgIpc) is 2.85. The topological polar surface area (TPSA) is 75.7 Å². The Kier molecular flexibility index (Phi) is 5.49. The van der Waals surface area contributed by atoms with E-state index in [0.717, 1.165) is 17.7 Å². The summed E-state index contributed by atoms with van der Waals surface area (Å²) >= 11 is 0. The van der Waals surface area contributed by atoms with Gasteiger partial charge in [0.25, 0.3) is 0 Å². The number of nitrogens with one attached hydrogen (secondary N) is 1. The number of fused-ring (bicyclic) bond motifs is 1. The second-order valence-corrected chi connectivity index (χ2v) is 6.56. The van der Waals surface area contributed by atoms with Gasteiger partial charge in [-0.25, -0.2) is 0 Å². The van der Waals surface area contributed by atoms with Gasteiger partial charge < -0.3 is 10.1 Å². The Morgan fingerprint density at radius 3 is 2.46 bits per heavy atom. The van der Waals surface area contributed by atoms with Gasteiger partial charge in [0.05, 0.1) is 11.8 Å². The fraction of sp³-hybridized carbons (Fsp3) is 0.500. The molecule has 1 aliphatic heterocycles. The smallest absolute Gasteiger partial charge is 0.387 e. The van der Waals surface area contributed by atoms with Crippen LogP contribution in [-0.2, 0) is 20.9 Å². The van der Waals surface area contributed by atoms with Gasteiger partial charge in [0.2, 0.25) is 17.7 Å². The molecule has 0 bridgehead atoms. The third-order valence-corrected chi connectivity index (χ3v) is 4.85. The van der Waals surface area contributed by atoms with Crippen LogP contribution in [0.25, 0.3) is 0 Å². The number of nitrogens with zero attached hydrogens (tertiary/aromatic N) is 1. The molecule has 3 rings (SSSR count). The van der Waals surface area contributed by atoms with Crippen molar-refractivity contribution in [3.05, 3.63) is 29.8 Å². The van der Waals surface area contributed by atoms with Gasteiger partial charge in [0.15, 0.2) is 0 Å². The van der Waals surface area contributed by atoms with E-state index in [1.165, 1.54) is 18.2 Å². The van der Waals surface area contributed by atoms with Crippen molar-refractivity contribution < 1.29 is 27.9 Å². The Hall–Kier alpha value is -2.51. The number of hydrogen-bond donors (Lipinski definition) is 1. The lowest BCUT2D eigenvalue weighted by molar-refractivity contribution is -0.143. The van der Waals surface area contributed by atoms with Crippen LogP contribution in [0.5, 0.6) is 5.75 Å². The quantitative estimate of drug-likeness (QED) is 0.782. The first-order chi connectivity index (χ1) is 12.5. The van der Waals surface area contributed by atoms with Crippen molar-refractivity contribution in [1.82, 2.24) is 10.2 Å². The first-order valence-corrected chi connectivity index (χ1v) is 8.61. The third kappa shape index (κ3) is 4.00. The molecule has 140 valence electrons. The van der Waals surface area contributed by atoms with Crippen molar-refractivity contribution in [3.63, 3.8) is 0 Å². The molecule has 2 unspecified atom stereocenters. The van der Waals surface area contributed by atoms with Crippen molar-refractivity contribution in [2.24, 2.45) is 11.8 Å². The van der Waals surface area contributed by atoms with E-state index in [9.17, 15) is 23.2 Å². The molecule has 1 heterocycles. The molecule has 1 N–H and O–H groups in total. The van der Waals surface area contributed by atoms with Crippen LogP contribution in [-0.4, -0.2) is 35.8 Å². The maximum absolute atomic E-state index is 12.3. The number of rotatable bonds is 6. The zero-order chi connectivity index (χ0) is 18.7. The molecule has 1 saturated heterocycles. The Labute approximate surface area is 149 Å². The van der Waals surface area contributed by atoms with E-state index in [0.29, 0.717) is 18.4 Å². The van der Waals surface area contributed by atoms with Crippen LogP contribution >= 0.6 is 0 Å². The summed E-state index contributed by atoms with van der Waals surface area (Å²) in [5.74, 6) is -1.56. The second kappa shape index (κ2) is 7.80. The van der Waals surface area contributed by atoms with Crippen molar-refractivity contribution in [2.45, 2.75) is 38.8 Å². The number of benzene rings is 1. The van der Waals surface area contributed by atoms with Gasteiger partial charge in [0.1, 0.15) is 12.3 Å². The van der Waals surface area contributed by atoms with E-state index in [4.69, 9.17) is 0 Å². The monoisotopic (exact) mass is 366 g/mol. The highest BCUT2D eigenvalue weighted by Gasteiger charge is 2.48. The molecular weight excluding hydrogens is 346 g/mol. The molecule has 1 aromatic rings. The summed E-state index contributed by atoms with van der Waals surface area (Å²) in [6.07, 6.45) is 3.25. The van der Waals surface area contributed by atoms with Crippen LogP contribution in [0, 0.1) is 11.8 Å². The Bertz CT molecular complexity index is 686. The van der Waals surface area contributed by atoms with Gasteiger partial charge in [-0.1, -0.05) is 25.0 Å². The van der Waals surface area contributed by atoms with Crippen LogP contribution in [0.15, 0.2) is 24.3 Å². The fourth-order valence-electron chi connectivity index (χ4n) is 3.62. The number of likely N-dealkylation sites (tertiary alicyclic amines) is 1. The maximum Gasteiger partial charge on any atom is 0.387 e. The molecular formula is C18H20F2N2O4. The zero-order valence-corrected chi connectivity index (χ0v) is 14.1. The van der Waals surface area contributed by atoms with Crippen LogP contribution in [0.2, 0.25) is 0 Å². The summed E-state index contributed by atoms with van der Waals surface area (Å²) in [6, 6.07) is 5.98. The highest BCUT2D eigenvalue weighted by Crippen LogP contribution is 2.37. The number of hydrogen-bond acceptors (Lipinski definition) is 4. The van der Waals surface area contributed by atoms with Gasteiger partial charge in [-0.2, -0.15) is 8.78 Å². The Balaban J connectivity index is 1.54. The van der Waals surface area contributed by atoms with Crippen LogP contribution in [0.3, 0.4) is 0 Å².